The molecule has 0 bridgehead atoms. The summed E-state index contributed by atoms with van der Waals surface area (Å²) in [4.78, 5) is 23.6. The monoisotopic (exact) mass is 407 g/mol. The predicted molar refractivity (Wildman–Crippen MR) is 104 cm³/mol. The van der Waals surface area contributed by atoms with Gasteiger partial charge < -0.3 is 4.74 Å². The maximum Gasteiger partial charge on any atom is 0.276 e. The van der Waals surface area contributed by atoms with Crippen LogP contribution < -0.4 is 15.6 Å². The Morgan fingerprint density at radius 1 is 0.867 bits per heavy atom. The van der Waals surface area contributed by atoms with Gasteiger partial charge in [-0.15, -0.1) is 0 Å². The van der Waals surface area contributed by atoms with Crippen molar-refractivity contribution in [1.29, 1.82) is 5.26 Å². The minimum absolute atomic E-state index is 0.271. The van der Waals surface area contributed by atoms with E-state index in [1.807, 2.05) is 12.1 Å². The number of carbonyl (C=O) groups is 2. The van der Waals surface area contributed by atoms with Gasteiger partial charge in [0.1, 0.15) is 17.4 Å². The zero-order valence-corrected chi connectivity index (χ0v) is 15.5. The number of benzene rings is 3. The number of amides is 2. The molecule has 8 heteroatoms. The molecule has 0 atom stereocenters. The third kappa shape index (κ3) is 5.39. The summed E-state index contributed by atoms with van der Waals surface area (Å²) in [5.41, 5.74) is 6.29. The van der Waals surface area contributed by atoms with Crippen LogP contribution in [-0.2, 0) is 4.79 Å². The molecule has 0 heterocycles. The summed E-state index contributed by atoms with van der Waals surface area (Å²) < 4.78 is 31.6. The second kappa shape index (κ2) is 9.30. The molecule has 0 spiro atoms. The topological polar surface area (TPSA) is 91.2 Å². The average molecular weight is 407 g/mol. The zero-order chi connectivity index (χ0) is 21.5. The normalized spacial score (nSPS) is 10.0. The van der Waals surface area contributed by atoms with Gasteiger partial charge in [0, 0.05) is 11.6 Å². The highest BCUT2D eigenvalue weighted by atomic mass is 19.1. The fourth-order valence-electron chi connectivity index (χ4n) is 2.55. The molecule has 0 unspecified atom stereocenters. The fourth-order valence-corrected chi connectivity index (χ4v) is 2.55. The van der Waals surface area contributed by atoms with Gasteiger partial charge in [0.25, 0.3) is 11.8 Å². The van der Waals surface area contributed by atoms with Gasteiger partial charge in [-0.1, -0.05) is 24.3 Å². The lowest BCUT2D eigenvalue weighted by Gasteiger charge is -2.10. The van der Waals surface area contributed by atoms with Crippen LogP contribution in [0.3, 0.4) is 0 Å². The summed E-state index contributed by atoms with van der Waals surface area (Å²) in [6.07, 6.45) is 0. The first-order valence-electron chi connectivity index (χ1n) is 8.73. The maximum atomic E-state index is 13.1. The lowest BCUT2D eigenvalue weighted by atomic mass is 10.0. The number of hydrogen-bond acceptors (Lipinski definition) is 4. The molecule has 0 saturated carbocycles. The Hall–Kier alpha value is -4.25. The van der Waals surface area contributed by atoms with Crippen LogP contribution in [0.4, 0.5) is 8.78 Å². The van der Waals surface area contributed by atoms with E-state index < -0.39 is 23.4 Å². The van der Waals surface area contributed by atoms with Crippen molar-refractivity contribution in [2.75, 3.05) is 6.61 Å². The third-order valence-corrected chi connectivity index (χ3v) is 4.01. The van der Waals surface area contributed by atoms with Crippen LogP contribution in [0.15, 0.2) is 66.7 Å². The third-order valence-electron chi connectivity index (χ3n) is 4.01. The second-order valence-electron chi connectivity index (χ2n) is 6.16. The summed E-state index contributed by atoms with van der Waals surface area (Å²) in [6, 6.07) is 18.4. The van der Waals surface area contributed by atoms with Gasteiger partial charge in [0.2, 0.25) is 0 Å². The summed E-state index contributed by atoms with van der Waals surface area (Å²) in [6.45, 7) is -0.381. The second-order valence-corrected chi connectivity index (χ2v) is 6.16. The maximum absolute atomic E-state index is 13.1. The lowest BCUT2D eigenvalue weighted by Crippen LogP contribution is -2.43. The molecule has 0 aliphatic rings. The van der Waals surface area contributed by atoms with E-state index in [9.17, 15) is 18.4 Å². The van der Waals surface area contributed by atoms with Crippen molar-refractivity contribution in [3.05, 3.63) is 89.5 Å². The molecular weight excluding hydrogens is 392 g/mol. The van der Waals surface area contributed by atoms with E-state index in [1.165, 1.54) is 0 Å². The predicted octanol–water partition coefficient (Wildman–Crippen LogP) is 3.34. The molecule has 0 aliphatic carbocycles. The number of nitrogens with one attached hydrogen (secondary N) is 2. The molecule has 3 aromatic carbocycles. The number of ether oxygens (including phenoxy) is 1. The summed E-state index contributed by atoms with van der Waals surface area (Å²) in [5, 5.41) is 8.84. The number of nitriles is 1. The Kier molecular flexibility index (Phi) is 6.35. The minimum atomic E-state index is -0.903. The van der Waals surface area contributed by atoms with Crippen LogP contribution in [0, 0.1) is 23.0 Å². The van der Waals surface area contributed by atoms with Gasteiger partial charge in [0.15, 0.2) is 6.61 Å². The summed E-state index contributed by atoms with van der Waals surface area (Å²) >= 11 is 0. The van der Waals surface area contributed by atoms with E-state index in [2.05, 4.69) is 16.9 Å². The largest absolute Gasteiger partial charge is 0.484 e. The molecule has 150 valence electrons. The van der Waals surface area contributed by atoms with Gasteiger partial charge >= 0.3 is 0 Å². The number of nitrogens with zero attached hydrogens (tertiary/aromatic N) is 1. The molecular formula is C22H15F2N3O3. The molecule has 3 rings (SSSR count). The number of rotatable bonds is 5. The fraction of sp³-hybridized carbons (Fsp3) is 0.0455. The Bertz CT molecular complexity index is 1090. The van der Waals surface area contributed by atoms with E-state index in [0.29, 0.717) is 17.4 Å². The Morgan fingerprint density at radius 3 is 2.00 bits per heavy atom. The quantitative estimate of drug-likeness (QED) is 0.635. The number of carbonyl (C=O) groups excluding carboxylic acids is 2. The van der Waals surface area contributed by atoms with E-state index >= 15 is 0 Å². The molecule has 6 nitrogen and oxygen atoms in total. The highest BCUT2D eigenvalue weighted by Crippen LogP contribution is 2.22. The van der Waals surface area contributed by atoms with Crippen LogP contribution in [0.1, 0.15) is 15.9 Å². The van der Waals surface area contributed by atoms with E-state index in [-0.39, 0.29) is 12.2 Å². The van der Waals surface area contributed by atoms with Gasteiger partial charge in [-0.25, -0.2) is 8.78 Å². The van der Waals surface area contributed by atoms with Gasteiger partial charge in [-0.2, -0.15) is 5.26 Å². The molecule has 0 fully saturated rings. The van der Waals surface area contributed by atoms with Crippen LogP contribution >= 0.6 is 0 Å². The first-order valence-corrected chi connectivity index (χ1v) is 8.73. The highest BCUT2D eigenvalue weighted by Gasteiger charge is 2.11. The van der Waals surface area contributed by atoms with Gasteiger partial charge in [0.05, 0.1) is 11.6 Å². The highest BCUT2D eigenvalue weighted by molar-refractivity contribution is 5.95. The van der Waals surface area contributed by atoms with Crippen LogP contribution in [0.25, 0.3) is 11.1 Å². The number of halogens is 2. The molecule has 0 aromatic heterocycles. The smallest absolute Gasteiger partial charge is 0.276 e. The summed E-state index contributed by atoms with van der Waals surface area (Å²) in [7, 11) is 0. The van der Waals surface area contributed by atoms with Gasteiger partial charge in [-0.3, -0.25) is 20.4 Å². The Morgan fingerprint density at radius 2 is 1.43 bits per heavy atom. The Balaban J connectivity index is 1.49. The van der Waals surface area contributed by atoms with E-state index in [0.717, 1.165) is 23.3 Å². The average Bonchev–Trinajstić information content (AvgIpc) is 2.75. The number of hydrazine groups is 1. The standard InChI is InChI=1S/C22H15F2N3O3/c23-18-9-17(10-19(24)11-18)22(29)27-26-21(28)13-30-20-7-5-16(6-8-20)15-3-1-14(12-25)2-4-15/h1-11H,13H2,(H,26,28)(H,27,29). The van der Waals surface area contributed by atoms with Crippen molar-refractivity contribution >= 4 is 11.8 Å². The minimum Gasteiger partial charge on any atom is -0.484 e. The lowest BCUT2D eigenvalue weighted by molar-refractivity contribution is -0.123. The van der Waals surface area contributed by atoms with E-state index in [1.54, 1.807) is 36.4 Å². The zero-order valence-electron chi connectivity index (χ0n) is 15.5. The molecule has 2 N–H and O–H groups in total. The van der Waals surface area contributed by atoms with E-state index in [4.69, 9.17) is 10.00 Å². The molecule has 0 aliphatic heterocycles. The molecule has 0 saturated heterocycles. The molecule has 3 aromatic rings. The Labute approximate surface area is 170 Å². The SMILES string of the molecule is N#Cc1ccc(-c2ccc(OCC(=O)NNC(=O)c3cc(F)cc(F)c3)cc2)cc1. The summed E-state index contributed by atoms with van der Waals surface area (Å²) in [5.74, 6) is -2.90. The van der Waals surface area contributed by atoms with Crippen molar-refractivity contribution < 1.29 is 23.1 Å². The van der Waals surface area contributed by atoms with Crippen LogP contribution in [0.5, 0.6) is 5.75 Å². The van der Waals surface area contributed by atoms with Crippen molar-refractivity contribution in [2.45, 2.75) is 0 Å². The van der Waals surface area contributed by atoms with Crippen LogP contribution in [0.2, 0.25) is 0 Å². The van der Waals surface area contributed by atoms with Crippen LogP contribution in [-0.4, -0.2) is 18.4 Å². The van der Waals surface area contributed by atoms with Crippen molar-refractivity contribution in [3.8, 4) is 22.9 Å². The van der Waals surface area contributed by atoms with Gasteiger partial charge in [-0.05, 0) is 47.5 Å². The number of hydrogen-bond donors (Lipinski definition) is 2. The first-order chi connectivity index (χ1) is 14.4. The first kappa shape index (κ1) is 20.5. The van der Waals surface area contributed by atoms with Crippen molar-refractivity contribution in [1.82, 2.24) is 10.9 Å². The molecule has 30 heavy (non-hydrogen) atoms. The molecule has 0 radical (unpaired) electrons. The van der Waals surface area contributed by atoms with Crippen molar-refractivity contribution in [2.24, 2.45) is 0 Å². The van der Waals surface area contributed by atoms with Crippen molar-refractivity contribution in [3.63, 3.8) is 0 Å². The molecule has 2 amide bonds.